The van der Waals surface area contributed by atoms with Crippen molar-refractivity contribution in [1.29, 1.82) is 0 Å². The molecule has 10 heteroatoms. The Bertz CT molecular complexity index is 950. The Kier molecular flexibility index (Phi) is 7.48. The highest BCUT2D eigenvalue weighted by Crippen LogP contribution is 2.15. The summed E-state index contributed by atoms with van der Waals surface area (Å²) in [5.41, 5.74) is 5.72. The number of H-pyrrole nitrogens is 1. The number of aromatic nitrogens is 3. The average molecular weight is 432 g/mol. The van der Waals surface area contributed by atoms with E-state index in [2.05, 4.69) is 26.0 Å². The van der Waals surface area contributed by atoms with Crippen LogP contribution in [0.15, 0.2) is 59.8 Å². The summed E-state index contributed by atoms with van der Waals surface area (Å²) in [7, 11) is 0. The predicted octanol–water partition coefficient (Wildman–Crippen LogP) is 2.37. The summed E-state index contributed by atoms with van der Waals surface area (Å²) in [6.45, 7) is -0.237. The maximum atomic E-state index is 11.9. The highest BCUT2D eigenvalue weighted by atomic mass is 35.5. The molecule has 0 aliphatic rings. The molecule has 2 amide bonds. The van der Waals surface area contributed by atoms with Crippen molar-refractivity contribution in [2.45, 2.75) is 11.6 Å². The third-order valence-electron chi connectivity index (χ3n) is 3.58. The van der Waals surface area contributed by atoms with E-state index >= 15 is 0 Å². The Balaban J connectivity index is 1.34. The lowest BCUT2D eigenvalue weighted by Crippen LogP contribution is -2.44. The molecule has 150 valence electrons. The normalized spacial score (nSPS) is 10.4. The van der Waals surface area contributed by atoms with Crippen LogP contribution in [0.2, 0.25) is 5.02 Å². The van der Waals surface area contributed by atoms with Gasteiger partial charge in [0.1, 0.15) is 11.6 Å². The molecule has 0 aliphatic heterocycles. The maximum Gasteiger partial charge on any atom is 0.276 e. The molecule has 1 aromatic heterocycles. The molecule has 3 aromatic rings. The van der Waals surface area contributed by atoms with E-state index in [1.165, 1.54) is 0 Å². The van der Waals surface area contributed by atoms with E-state index in [1.54, 1.807) is 24.3 Å². The van der Waals surface area contributed by atoms with Gasteiger partial charge < -0.3 is 4.74 Å². The van der Waals surface area contributed by atoms with Crippen LogP contribution in [-0.4, -0.2) is 39.4 Å². The van der Waals surface area contributed by atoms with E-state index < -0.39 is 5.91 Å². The van der Waals surface area contributed by atoms with Gasteiger partial charge in [-0.3, -0.25) is 25.5 Å². The first kappa shape index (κ1) is 20.7. The standard InChI is InChI=1S/C19H18ClN5O3S/c20-14-6-8-15(9-7-14)28-11-17(26)23-24-18(27)12-29-19-21-16(22-25-19)10-13-4-2-1-3-5-13/h1-9H,10-12H2,(H,23,26)(H,24,27)(H,21,22,25). The summed E-state index contributed by atoms with van der Waals surface area (Å²) in [6.07, 6.45) is 0.629. The van der Waals surface area contributed by atoms with E-state index in [0.717, 1.165) is 17.3 Å². The number of hydrogen-bond donors (Lipinski definition) is 3. The molecule has 0 atom stereocenters. The van der Waals surface area contributed by atoms with E-state index in [-0.39, 0.29) is 18.3 Å². The Morgan fingerprint density at radius 3 is 2.52 bits per heavy atom. The molecule has 0 aliphatic carbocycles. The summed E-state index contributed by atoms with van der Waals surface area (Å²) >= 11 is 6.94. The topological polar surface area (TPSA) is 109 Å². The van der Waals surface area contributed by atoms with Crippen LogP contribution < -0.4 is 15.6 Å². The van der Waals surface area contributed by atoms with Crippen molar-refractivity contribution in [2.24, 2.45) is 0 Å². The van der Waals surface area contributed by atoms with E-state index in [4.69, 9.17) is 16.3 Å². The highest BCUT2D eigenvalue weighted by Gasteiger charge is 2.10. The van der Waals surface area contributed by atoms with Gasteiger partial charge in [-0.2, -0.15) is 0 Å². The molecule has 0 radical (unpaired) electrons. The number of ether oxygens (including phenoxy) is 1. The van der Waals surface area contributed by atoms with Crippen molar-refractivity contribution in [3.8, 4) is 5.75 Å². The van der Waals surface area contributed by atoms with Gasteiger partial charge in [-0.1, -0.05) is 53.7 Å². The SMILES string of the molecule is O=C(COc1ccc(Cl)cc1)NNC(=O)CSc1n[nH]c(Cc2ccccc2)n1. The number of thioether (sulfide) groups is 1. The van der Waals surface area contributed by atoms with Crippen molar-refractivity contribution in [2.75, 3.05) is 12.4 Å². The van der Waals surface area contributed by atoms with Crippen LogP contribution >= 0.6 is 23.4 Å². The lowest BCUT2D eigenvalue weighted by Gasteiger charge is -2.08. The number of carbonyl (C=O) groups excluding carboxylic acids is 2. The van der Waals surface area contributed by atoms with Gasteiger partial charge in [0.15, 0.2) is 6.61 Å². The molecular weight excluding hydrogens is 414 g/mol. The third-order valence-corrected chi connectivity index (χ3v) is 4.68. The number of carbonyl (C=O) groups is 2. The molecule has 8 nitrogen and oxygen atoms in total. The van der Waals surface area contributed by atoms with Crippen LogP contribution in [0.1, 0.15) is 11.4 Å². The zero-order chi connectivity index (χ0) is 20.5. The molecule has 0 spiro atoms. The zero-order valence-electron chi connectivity index (χ0n) is 15.2. The minimum Gasteiger partial charge on any atom is -0.484 e. The molecule has 0 unspecified atom stereocenters. The van der Waals surface area contributed by atoms with E-state index in [1.807, 2.05) is 30.3 Å². The first-order valence-corrected chi connectivity index (χ1v) is 9.99. The van der Waals surface area contributed by atoms with Crippen LogP contribution in [0.5, 0.6) is 5.75 Å². The van der Waals surface area contributed by atoms with Crippen LogP contribution in [0.25, 0.3) is 0 Å². The second-order valence-electron chi connectivity index (χ2n) is 5.85. The molecule has 2 aromatic carbocycles. The monoisotopic (exact) mass is 431 g/mol. The first-order chi connectivity index (χ1) is 14.1. The second-order valence-corrected chi connectivity index (χ2v) is 7.23. The molecule has 3 N–H and O–H groups in total. The number of rotatable bonds is 8. The van der Waals surface area contributed by atoms with Crippen molar-refractivity contribution in [3.05, 3.63) is 71.0 Å². The Hall–Kier alpha value is -3.04. The Labute approximate surface area is 176 Å². The number of benzene rings is 2. The summed E-state index contributed by atoms with van der Waals surface area (Å²) in [4.78, 5) is 27.9. The highest BCUT2D eigenvalue weighted by molar-refractivity contribution is 7.99. The largest absolute Gasteiger partial charge is 0.484 e. The number of hydrazine groups is 1. The number of halogens is 1. The van der Waals surface area contributed by atoms with Gasteiger partial charge >= 0.3 is 0 Å². The predicted molar refractivity (Wildman–Crippen MR) is 110 cm³/mol. The van der Waals surface area contributed by atoms with Gasteiger partial charge in [-0.15, -0.1) is 5.10 Å². The first-order valence-electron chi connectivity index (χ1n) is 8.62. The molecule has 0 saturated carbocycles. The van der Waals surface area contributed by atoms with Gasteiger partial charge in [-0.05, 0) is 29.8 Å². The number of amides is 2. The number of nitrogens with zero attached hydrogens (tertiary/aromatic N) is 2. The zero-order valence-corrected chi connectivity index (χ0v) is 16.8. The van der Waals surface area contributed by atoms with Crippen LogP contribution in [0.3, 0.4) is 0 Å². The van der Waals surface area contributed by atoms with Crippen LogP contribution in [-0.2, 0) is 16.0 Å². The van der Waals surface area contributed by atoms with Gasteiger partial charge in [-0.25, -0.2) is 4.98 Å². The van der Waals surface area contributed by atoms with Crippen molar-refractivity contribution < 1.29 is 14.3 Å². The van der Waals surface area contributed by atoms with Crippen LogP contribution in [0, 0.1) is 0 Å². The van der Waals surface area contributed by atoms with Crippen molar-refractivity contribution in [1.82, 2.24) is 26.0 Å². The molecule has 29 heavy (non-hydrogen) atoms. The van der Waals surface area contributed by atoms with Crippen LogP contribution in [0.4, 0.5) is 0 Å². The number of aromatic amines is 1. The van der Waals surface area contributed by atoms with E-state index in [9.17, 15) is 9.59 Å². The summed E-state index contributed by atoms with van der Waals surface area (Å²) < 4.78 is 5.28. The Morgan fingerprint density at radius 2 is 1.76 bits per heavy atom. The second kappa shape index (κ2) is 10.5. The number of nitrogens with one attached hydrogen (secondary N) is 3. The fraction of sp³-hybridized carbons (Fsp3) is 0.158. The average Bonchev–Trinajstić information content (AvgIpc) is 3.18. The molecule has 0 fully saturated rings. The Morgan fingerprint density at radius 1 is 1.03 bits per heavy atom. The van der Waals surface area contributed by atoms with E-state index in [0.29, 0.717) is 28.2 Å². The lowest BCUT2D eigenvalue weighted by atomic mass is 10.1. The lowest BCUT2D eigenvalue weighted by molar-refractivity contribution is -0.128. The third kappa shape index (κ3) is 7.13. The molecule has 3 rings (SSSR count). The van der Waals surface area contributed by atoms with Gasteiger partial charge in [0, 0.05) is 11.4 Å². The minimum absolute atomic E-state index is 0.0565. The molecule has 0 saturated heterocycles. The molecular formula is C19H18ClN5O3S. The minimum atomic E-state index is -0.485. The van der Waals surface area contributed by atoms with Crippen molar-refractivity contribution in [3.63, 3.8) is 0 Å². The van der Waals surface area contributed by atoms with Gasteiger partial charge in [0.05, 0.1) is 5.75 Å². The molecule has 1 heterocycles. The fourth-order valence-electron chi connectivity index (χ4n) is 2.23. The quantitative estimate of drug-likeness (QED) is 0.373. The molecule has 0 bridgehead atoms. The summed E-state index contributed by atoms with van der Waals surface area (Å²) in [5.74, 6) is 0.403. The smallest absolute Gasteiger partial charge is 0.276 e. The number of hydrogen-bond acceptors (Lipinski definition) is 6. The fourth-order valence-corrected chi connectivity index (χ4v) is 2.98. The van der Waals surface area contributed by atoms with Crippen molar-refractivity contribution >= 4 is 35.2 Å². The van der Waals surface area contributed by atoms with Gasteiger partial charge in [0.25, 0.3) is 5.91 Å². The summed E-state index contributed by atoms with van der Waals surface area (Å²) in [6, 6.07) is 16.5. The van der Waals surface area contributed by atoms with Gasteiger partial charge in [0.2, 0.25) is 11.1 Å². The summed E-state index contributed by atoms with van der Waals surface area (Å²) in [5, 5.41) is 7.97. The maximum absolute atomic E-state index is 11.9.